The van der Waals surface area contributed by atoms with Crippen molar-refractivity contribution in [1.29, 1.82) is 0 Å². The van der Waals surface area contributed by atoms with Crippen molar-refractivity contribution < 1.29 is 0 Å². The van der Waals surface area contributed by atoms with Gasteiger partial charge < -0.3 is 0 Å². The van der Waals surface area contributed by atoms with E-state index in [1.807, 2.05) is 30.5 Å². The van der Waals surface area contributed by atoms with E-state index in [0.29, 0.717) is 0 Å². The fourth-order valence-corrected chi connectivity index (χ4v) is 5.91. The number of rotatable bonds is 6. The third-order valence-corrected chi connectivity index (χ3v) is 8.28. The molecule has 0 aliphatic carbocycles. The predicted molar refractivity (Wildman–Crippen MR) is 190 cm³/mol. The Labute approximate surface area is 268 Å². The van der Waals surface area contributed by atoms with E-state index >= 15 is 0 Å². The topological polar surface area (TPSA) is 38.7 Å². The lowest BCUT2D eigenvalue weighted by Crippen LogP contribution is -1.94. The van der Waals surface area contributed by atoms with E-state index in [4.69, 9.17) is 15.0 Å². The zero-order valence-electron chi connectivity index (χ0n) is 25.1. The van der Waals surface area contributed by atoms with Crippen LogP contribution in [-0.2, 0) is 0 Å². The third kappa shape index (κ3) is 5.58. The monoisotopic (exact) mass is 587 g/mol. The number of hydrogen-bond donors (Lipinski definition) is 0. The summed E-state index contributed by atoms with van der Waals surface area (Å²) in [5.74, 6) is 0. The highest BCUT2D eigenvalue weighted by atomic mass is 14.8. The quantitative estimate of drug-likeness (QED) is 0.194. The first-order valence-electron chi connectivity index (χ1n) is 15.4. The lowest BCUT2D eigenvalue weighted by atomic mass is 9.95. The third-order valence-electron chi connectivity index (χ3n) is 8.28. The molecular formula is C43H29N3. The molecule has 2 heterocycles. The lowest BCUT2D eigenvalue weighted by molar-refractivity contribution is 1.29. The van der Waals surface area contributed by atoms with E-state index in [9.17, 15) is 0 Å². The van der Waals surface area contributed by atoms with Crippen molar-refractivity contribution in [2.45, 2.75) is 0 Å². The van der Waals surface area contributed by atoms with Crippen LogP contribution in [0.15, 0.2) is 176 Å². The smallest absolute Gasteiger partial charge is 0.0894 e. The molecule has 3 nitrogen and oxygen atoms in total. The van der Waals surface area contributed by atoms with E-state index in [-0.39, 0.29) is 0 Å². The molecule has 0 bridgehead atoms. The van der Waals surface area contributed by atoms with Gasteiger partial charge in [-0.1, -0.05) is 127 Å². The average Bonchev–Trinajstić information content (AvgIpc) is 3.15. The lowest BCUT2D eigenvalue weighted by Gasteiger charge is -2.14. The van der Waals surface area contributed by atoms with Crippen molar-refractivity contribution in [1.82, 2.24) is 15.0 Å². The second kappa shape index (κ2) is 12.1. The molecule has 0 saturated heterocycles. The molecule has 0 amide bonds. The summed E-state index contributed by atoms with van der Waals surface area (Å²) in [5.41, 5.74) is 14.3. The van der Waals surface area contributed by atoms with Crippen LogP contribution in [0.3, 0.4) is 0 Å². The summed E-state index contributed by atoms with van der Waals surface area (Å²) in [7, 11) is 0. The molecule has 0 spiro atoms. The molecule has 0 radical (unpaired) electrons. The fourth-order valence-electron chi connectivity index (χ4n) is 5.91. The first kappa shape index (κ1) is 27.4. The second-order valence-corrected chi connectivity index (χ2v) is 11.3. The predicted octanol–water partition coefficient (Wildman–Crippen LogP) is 11.0. The number of fused-ring (bicyclic) bond motifs is 1. The zero-order valence-corrected chi connectivity index (χ0v) is 25.1. The Hall–Kier alpha value is -6.19. The van der Waals surface area contributed by atoms with Crippen LogP contribution in [0.4, 0.5) is 0 Å². The minimum Gasteiger partial charge on any atom is -0.252 e. The largest absolute Gasteiger partial charge is 0.252 e. The number of aromatic nitrogens is 3. The summed E-state index contributed by atoms with van der Waals surface area (Å²) in [6, 6.07) is 59.0. The highest BCUT2D eigenvalue weighted by Crippen LogP contribution is 2.35. The molecule has 0 fully saturated rings. The molecule has 0 saturated carbocycles. The van der Waals surface area contributed by atoms with Gasteiger partial charge in [0, 0.05) is 16.7 Å². The van der Waals surface area contributed by atoms with Crippen LogP contribution < -0.4 is 0 Å². The molecule has 46 heavy (non-hydrogen) atoms. The number of pyridine rings is 1. The molecule has 2 aromatic heterocycles. The molecule has 0 aliphatic rings. The molecule has 0 atom stereocenters. The van der Waals surface area contributed by atoms with Crippen LogP contribution >= 0.6 is 0 Å². The van der Waals surface area contributed by atoms with E-state index < -0.39 is 0 Å². The van der Waals surface area contributed by atoms with Gasteiger partial charge in [0.15, 0.2) is 0 Å². The maximum atomic E-state index is 5.22. The average molecular weight is 588 g/mol. The Kier molecular flexibility index (Phi) is 7.18. The number of hydrogen-bond acceptors (Lipinski definition) is 3. The van der Waals surface area contributed by atoms with Crippen LogP contribution in [0.2, 0.25) is 0 Å². The summed E-state index contributed by atoms with van der Waals surface area (Å²) < 4.78 is 0. The Morgan fingerprint density at radius 3 is 1.30 bits per heavy atom. The van der Waals surface area contributed by atoms with Crippen molar-refractivity contribution in [3.05, 3.63) is 176 Å². The van der Waals surface area contributed by atoms with Crippen molar-refractivity contribution >= 4 is 11.0 Å². The van der Waals surface area contributed by atoms with Crippen LogP contribution in [-0.4, -0.2) is 15.0 Å². The molecule has 0 unspecified atom stereocenters. The first-order valence-corrected chi connectivity index (χ1v) is 15.4. The number of benzene rings is 6. The maximum Gasteiger partial charge on any atom is 0.0894 e. The first-order chi connectivity index (χ1) is 22.8. The van der Waals surface area contributed by atoms with Gasteiger partial charge in [-0.2, -0.15) is 0 Å². The van der Waals surface area contributed by atoms with Crippen LogP contribution in [0.5, 0.6) is 0 Å². The Bertz CT molecular complexity index is 2220. The molecule has 0 N–H and O–H groups in total. The van der Waals surface area contributed by atoms with E-state index in [2.05, 4.69) is 146 Å². The van der Waals surface area contributed by atoms with Gasteiger partial charge in [0.1, 0.15) is 0 Å². The van der Waals surface area contributed by atoms with Gasteiger partial charge in [0.2, 0.25) is 0 Å². The van der Waals surface area contributed by atoms with Crippen LogP contribution in [0, 0.1) is 0 Å². The van der Waals surface area contributed by atoms with Crippen molar-refractivity contribution in [3.8, 4) is 67.2 Å². The summed E-state index contributed by atoms with van der Waals surface area (Å²) in [4.78, 5) is 15.2. The van der Waals surface area contributed by atoms with Gasteiger partial charge in [-0.25, -0.2) is 9.97 Å². The van der Waals surface area contributed by atoms with E-state index in [0.717, 1.165) is 78.2 Å². The Morgan fingerprint density at radius 2 is 0.717 bits per heavy atom. The van der Waals surface area contributed by atoms with E-state index in [1.54, 1.807) is 0 Å². The zero-order chi connectivity index (χ0) is 30.7. The van der Waals surface area contributed by atoms with Gasteiger partial charge in [-0.15, -0.1) is 0 Å². The van der Waals surface area contributed by atoms with Gasteiger partial charge >= 0.3 is 0 Å². The minimum atomic E-state index is 0.821. The summed E-state index contributed by atoms with van der Waals surface area (Å²) in [6.07, 6.45) is 1.88. The van der Waals surface area contributed by atoms with Crippen molar-refractivity contribution in [3.63, 3.8) is 0 Å². The second-order valence-electron chi connectivity index (χ2n) is 11.3. The highest BCUT2D eigenvalue weighted by Gasteiger charge is 2.14. The Morgan fingerprint density at radius 1 is 0.261 bits per heavy atom. The van der Waals surface area contributed by atoms with E-state index in [1.165, 1.54) is 0 Å². The van der Waals surface area contributed by atoms with Gasteiger partial charge in [0.05, 0.1) is 34.3 Å². The molecular weight excluding hydrogens is 558 g/mol. The number of nitrogens with zero attached hydrogens (tertiary/aromatic N) is 3. The molecule has 6 aromatic carbocycles. The highest BCUT2D eigenvalue weighted by molar-refractivity contribution is 5.86. The van der Waals surface area contributed by atoms with Crippen LogP contribution in [0.25, 0.3) is 78.2 Å². The van der Waals surface area contributed by atoms with Crippen LogP contribution in [0.1, 0.15) is 0 Å². The SMILES string of the molecule is c1ccc(-c2cc(-c3cc(-c4ccccc4)cc(-c4ccccc4)n3)cc(-c3cnc4cc(-c5ccccc5)ccc4n3)c2)cc1. The molecule has 8 rings (SSSR count). The molecule has 216 valence electrons. The summed E-state index contributed by atoms with van der Waals surface area (Å²) in [5, 5.41) is 0. The fraction of sp³-hybridized carbons (Fsp3) is 0. The molecule has 8 aromatic rings. The Balaban J connectivity index is 1.29. The van der Waals surface area contributed by atoms with Crippen molar-refractivity contribution in [2.75, 3.05) is 0 Å². The van der Waals surface area contributed by atoms with Crippen molar-refractivity contribution in [2.24, 2.45) is 0 Å². The molecule has 3 heteroatoms. The van der Waals surface area contributed by atoms with Gasteiger partial charge in [0.25, 0.3) is 0 Å². The van der Waals surface area contributed by atoms with Gasteiger partial charge in [-0.05, 0) is 75.8 Å². The molecule has 0 aliphatic heterocycles. The summed E-state index contributed by atoms with van der Waals surface area (Å²) in [6.45, 7) is 0. The standard InChI is InChI=1S/C43H29N3/c1-5-13-30(14-6-1)34-21-22-39-42(26-34)44-29-43(45-39)38-24-35(31-15-7-2-8-16-31)23-37(25-38)41-28-36(32-17-9-3-10-18-32)27-40(46-41)33-19-11-4-12-20-33/h1-29H. The summed E-state index contributed by atoms with van der Waals surface area (Å²) >= 11 is 0. The van der Waals surface area contributed by atoms with Gasteiger partial charge in [-0.3, -0.25) is 4.98 Å². The minimum absolute atomic E-state index is 0.821. The maximum absolute atomic E-state index is 5.22. The normalized spacial score (nSPS) is 11.0.